The van der Waals surface area contributed by atoms with Crippen LogP contribution in [0.3, 0.4) is 0 Å². The molecule has 0 aliphatic carbocycles. The molecule has 9 heteroatoms. The Morgan fingerprint density at radius 1 is 1.15 bits per heavy atom. The van der Waals surface area contributed by atoms with E-state index < -0.39 is 16.3 Å². The molecule has 7 nitrogen and oxygen atoms in total. The predicted octanol–water partition coefficient (Wildman–Crippen LogP) is 4.21. The van der Waals surface area contributed by atoms with E-state index in [1.807, 2.05) is 0 Å². The number of thioether (sulfide) groups is 1. The number of halogens is 1. The number of nitrogens with one attached hydrogen (secondary N) is 1. The molecule has 1 N–H and O–H groups in total. The predicted molar refractivity (Wildman–Crippen MR) is 105 cm³/mol. The minimum Gasteiger partial charge on any atom is -0.497 e. The molecule has 1 amide bonds. The number of benzene rings is 2. The van der Waals surface area contributed by atoms with Gasteiger partial charge in [0.2, 0.25) is 0 Å². The van der Waals surface area contributed by atoms with Gasteiger partial charge in [-0.2, -0.15) is 0 Å². The largest absolute Gasteiger partial charge is 0.497 e. The zero-order valence-electron chi connectivity index (χ0n) is 14.5. The first-order valence-corrected chi connectivity index (χ1v) is 9.44. The van der Waals surface area contributed by atoms with Crippen molar-refractivity contribution in [3.8, 4) is 5.75 Å². The van der Waals surface area contributed by atoms with E-state index in [9.17, 15) is 19.7 Å². The summed E-state index contributed by atoms with van der Waals surface area (Å²) in [7, 11) is 1.52. The Morgan fingerprint density at radius 3 is 2.22 bits per heavy atom. The standard InChI is InChI=1S/C18H17ClN2O5S/c1-26-14-9-5-12(6-10-14)17(22)15(19)16(20-18(23)27-2)11-3-7-13(8-4-11)21(24)25/h3-10,15-16H,1-2H3,(H,20,23). The highest BCUT2D eigenvalue weighted by Crippen LogP contribution is 2.27. The van der Waals surface area contributed by atoms with E-state index in [0.29, 0.717) is 16.9 Å². The second-order valence-electron chi connectivity index (χ2n) is 5.46. The van der Waals surface area contributed by atoms with Crippen LogP contribution in [0.25, 0.3) is 0 Å². The number of nitro groups is 1. The molecule has 27 heavy (non-hydrogen) atoms. The van der Waals surface area contributed by atoms with E-state index in [1.165, 1.54) is 31.4 Å². The molecular weight excluding hydrogens is 392 g/mol. The summed E-state index contributed by atoms with van der Waals surface area (Å²) in [6.07, 6.45) is 1.59. The number of nitro benzene ring substituents is 1. The lowest BCUT2D eigenvalue weighted by molar-refractivity contribution is -0.384. The summed E-state index contributed by atoms with van der Waals surface area (Å²) in [5.41, 5.74) is 0.757. The van der Waals surface area contributed by atoms with E-state index in [1.54, 1.807) is 30.5 Å². The molecule has 2 aromatic rings. The average Bonchev–Trinajstić information content (AvgIpc) is 2.70. The summed E-state index contributed by atoms with van der Waals surface area (Å²) in [6.45, 7) is 0. The molecule has 0 saturated carbocycles. The Hall–Kier alpha value is -2.58. The number of ether oxygens (including phenoxy) is 1. The minimum atomic E-state index is -1.10. The lowest BCUT2D eigenvalue weighted by Gasteiger charge is -2.23. The van der Waals surface area contributed by atoms with Crippen molar-refractivity contribution in [3.63, 3.8) is 0 Å². The maximum absolute atomic E-state index is 12.8. The van der Waals surface area contributed by atoms with E-state index in [4.69, 9.17) is 16.3 Å². The highest BCUT2D eigenvalue weighted by Gasteiger charge is 2.30. The van der Waals surface area contributed by atoms with Crippen molar-refractivity contribution in [2.24, 2.45) is 0 Å². The average molecular weight is 409 g/mol. The smallest absolute Gasteiger partial charge is 0.279 e. The Labute approximate surface area is 165 Å². The van der Waals surface area contributed by atoms with Gasteiger partial charge in [0.25, 0.3) is 10.9 Å². The number of hydrogen-bond acceptors (Lipinski definition) is 6. The summed E-state index contributed by atoms with van der Waals surface area (Å²) in [5, 5.41) is 12.0. The number of carbonyl (C=O) groups is 2. The Balaban J connectivity index is 2.32. The molecular formula is C18H17ClN2O5S. The van der Waals surface area contributed by atoms with Crippen molar-refractivity contribution in [2.75, 3.05) is 13.4 Å². The van der Waals surface area contributed by atoms with Gasteiger partial charge in [0, 0.05) is 17.7 Å². The van der Waals surface area contributed by atoms with Crippen LogP contribution in [0.2, 0.25) is 0 Å². The third kappa shape index (κ3) is 5.21. The Bertz CT molecular complexity index is 827. The number of methoxy groups -OCH3 is 1. The Kier molecular flexibility index (Phi) is 7.20. The number of amides is 1. The van der Waals surface area contributed by atoms with Gasteiger partial charge in [-0.3, -0.25) is 19.7 Å². The van der Waals surface area contributed by atoms with Crippen LogP contribution in [0.1, 0.15) is 22.0 Å². The number of nitrogens with zero attached hydrogens (tertiary/aromatic N) is 1. The lowest BCUT2D eigenvalue weighted by atomic mass is 9.97. The van der Waals surface area contributed by atoms with Gasteiger partial charge in [-0.1, -0.05) is 23.9 Å². The van der Waals surface area contributed by atoms with Gasteiger partial charge in [0.05, 0.1) is 18.1 Å². The van der Waals surface area contributed by atoms with Crippen LogP contribution < -0.4 is 10.1 Å². The first-order chi connectivity index (χ1) is 12.9. The van der Waals surface area contributed by atoms with Crippen molar-refractivity contribution in [3.05, 3.63) is 69.8 Å². The molecule has 0 radical (unpaired) electrons. The molecule has 0 bridgehead atoms. The van der Waals surface area contributed by atoms with Gasteiger partial charge in [0.1, 0.15) is 11.1 Å². The second-order valence-corrected chi connectivity index (χ2v) is 6.71. The first kappa shape index (κ1) is 20.7. The number of non-ortho nitro benzene ring substituents is 1. The van der Waals surface area contributed by atoms with Gasteiger partial charge in [-0.25, -0.2) is 0 Å². The fraction of sp³-hybridized carbons (Fsp3) is 0.222. The lowest BCUT2D eigenvalue weighted by Crippen LogP contribution is -2.36. The van der Waals surface area contributed by atoms with Gasteiger partial charge in [-0.15, -0.1) is 11.6 Å². The molecule has 0 aromatic heterocycles. The molecule has 2 unspecified atom stereocenters. The first-order valence-electron chi connectivity index (χ1n) is 7.78. The number of carbonyl (C=O) groups excluding carboxylic acids is 2. The van der Waals surface area contributed by atoms with Gasteiger partial charge in [0.15, 0.2) is 5.78 Å². The van der Waals surface area contributed by atoms with E-state index in [0.717, 1.165) is 11.8 Å². The molecule has 2 aromatic carbocycles. The molecule has 2 atom stereocenters. The summed E-state index contributed by atoms with van der Waals surface area (Å²) >= 11 is 7.35. The highest BCUT2D eigenvalue weighted by atomic mass is 35.5. The fourth-order valence-corrected chi connectivity index (χ4v) is 2.96. The molecule has 0 aliphatic heterocycles. The van der Waals surface area contributed by atoms with Gasteiger partial charge in [-0.05, 0) is 36.1 Å². The number of Topliss-reactive ketones (excluding diaryl/α,β-unsaturated/α-hetero) is 1. The van der Waals surface area contributed by atoms with Crippen LogP contribution >= 0.6 is 23.4 Å². The summed E-state index contributed by atoms with van der Waals surface area (Å²) in [6, 6.07) is 11.1. The van der Waals surface area contributed by atoms with Crippen molar-refractivity contribution < 1.29 is 19.2 Å². The minimum absolute atomic E-state index is 0.0960. The zero-order valence-corrected chi connectivity index (χ0v) is 16.1. The molecule has 0 spiro atoms. The van der Waals surface area contributed by atoms with Crippen molar-refractivity contribution >= 4 is 40.1 Å². The maximum Gasteiger partial charge on any atom is 0.279 e. The van der Waals surface area contributed by atoms with Gasteiger partial charge < -0.3 is 10.1 Å². The fourth-order valence-electron chi connectivity index (χ4n) is 2.38. The van der Waals surface area contributed by atoms with E-state index >= 15 is 0 Å². The maximum atomic E-state index is 12.8. The number of rotatable bonds is 7. The highest BCUT2D eigenvalue weighted by molar-refractivity contribution is 8.12. The van der Waals surface area contributed by atoms with Crippen LogP contribution in [-0.4, -0.2) is 34.7 Å². The van der Waals surface area contributed by atoms with Crippen LogP contribution in [0.15, 0.2) is 48.5 Å². The summed E-state index contributed by atoms with van der Waals surface area (Å²) < 4.78 is 5.06. The van der Waals surface area contributed by atoms with Crippen molar-refractivity contribution in [1.29, 1.82) is 0 Å². The molecule has 142 valence electrons. The summed E-state index contributed by atoms with van der Waals surface area (Å²) in [5.74, 6) is 0.212. The van der Waals surface area contributed by atoms with Crippen LogP contribution in [0, 0.1) is 10.1 Å². The zero-order chi connectivity index (χ0) is 20.0. The second kappa shape index (κ2) is 9.38. The number of hydrogen-bond donors (Lipinski definition) is 1. The molecule has 2 rings (SSSR count). The third-order valence-corrected chi connectivity index (χ3v) is 4.78. The number of alkyl halides is 1. The molecule has 0 fully saturated rings. The van der Waals surface area contributed by atoms with Gasteiger partial charge >= 0.3 is 0 Å². The van der Waals surface area contributed by atoms with Crippen molar-refractivity contribution in [2.45, 2.75) is 11.4 Å². The topological polar surface area (TPSA) is 98.5 Å². The SMILES string of the molecule is COc1ccc(C(=O)C(Cl)C(NC(=O)SC)c2ccc([N+](=O)[O-])cc2)cc1. The van der Waals surface area contributed by atoms with E-state index in [2.05, 4.69) is 5.32 Å². The van der Waals surface area contributed by atoms with Crippen LogP contribution in [0.5, 0.6) is 5.75 Å². The summed E-state index contributed by atoms with van der Waals surface area (Å²) in [4.78, 5) is 34.9. The molecule has 0 heterocycles. The quantitative estimate of drug-likeness (QED) is 0.319. The van der Waals surface area contributed by atoms with E-state index in [-0.39, 0.29) is 16.7 Å². The monoisotopic (exact) mass is 408 g/mol. The third-order valence-electron chi connectivity index (χ3n) is 3.84. The molecule has 0 aliphatic rings. The number of ketones is 1. The normalized spacial score (nSPS) is 12.7. The van der Waals surface area contributed by atoms with Crippen LogP contribution in [-0.2, 0) is 0 Å². The molecule has 0 saturated heterocycles. The van der Waals surface area contributed by atoms with Crippen LogP contribution in [0.4, 0.5) is 10.5 Å². The van der Waals surface area contributed by atoms with Crippen molar-refractivity contribution in [1.82, 2.24) is 5.32 Å². The Morgan fingerprint density at radius 2 is 1.74 bits per heavy atom.